The van der Waals surface area contributed by atoms with E-state index in [1.165, 1.54) is 0 Å². The van der Waals surface area contributed by atoms with Crippen molar-refractivity contribution in [3.63, 3.8) is 0 Å². The number of rotatable bonds is 8. The minimum Gasteiger partial charge on any atom is -0.354 e. The van der Waals surface area contributed by atoms with E-state index in [-0.39, 0.29) is 0 Å². The molecule has 7 aromatic rings. The first-order valence-electron chi connectivity index (χ1n) is 17.2. The number of allylic oxidation sites excluding steroid dienone is 1. The summed E-state index contributed by atoms with van der Waals surface area (Å²) in [6.45, 7) is 2.04. The summed E-state index contributed by atoms with van der Waals surface area (Å²) in [6.07, 6.45) is 2.82. The lowest BCUT2D eigenvalue weighted by Gasteiger charge is -2.26. The Morgan fingerprint density at radius 1 is 0.510 bits per heavy atom. The molecule has 2 N–H and O–H groups in total. The molecule has 0 fully saturated rings. The molecule has 51 heavy (non-hydrogen) atoms. The molecular formula is C46H35N5. The molecule has 5 nitrogen and oxygen atoms in total. The lowest BCUT2D eigenvalue weighted by atomic mass is 9.87. The van der Waals surface area contributed by atoms with E-state index in [9.17, 15) is 0 Å². The highest BCUT2D eigenvalue weighted by Crippen LogP contribution is 2.38. The Morgan fingerprint density at radius 2 is 0.961 bits per heavy atom. The van der Waals surface area contributed by atoms with Gasteiger partial charge in [-0.1, -0.05) is 165 Å². The standard InChI is InChI=1S/C46H35N5/c1-2-40(47)42(33-17-9-4-10-18-33)43-39-29-37(27-28-38(39)30-41(48-43)32-15-7-3-8-16-32)31-23-25-36(26-24-31)46-50-44(34-19-11-5-12-20-34)49-45(51-46)35-21-13-6-14-22-35/h3-30,47-48H,2H2,1H3/b43-42-,47-40?. The Labute approximate surface area is 298 Å². The number of nitrogens with one attached hydrogen (secondary N) is 2. The van der Waals surface area contributed by atoms with Gasteiger partial charge in [0.1, 0.15) is 0 Å². The zero-order chi connectivity index (χ0) is 34.6. The van der Waals surface area contributed by atoms with Crippen LogP contribution in [0.15, 0.2) is 164 Å². The molecule has 0 saturated heterocycles. The fraction of sp³-hybridized carbons (Fsp3) is 0.0435. The van der Waals surface area contributed by atoms with Crippen LogP contribution in [-0.4, -0.2) is 20.7 Å². The van der Waals surface area contributed by atoms with Crippen LogP contribution < -0.4 is 5.32 Å². The average Bonchev–Trinajstić information content (AvgIpc) is 3.22. The molecule has 0 radical (unpaired) electrons. The van der Waals surface area contributed by atoms with Gasteiger partial charge in [-0.05, 0) is 46.4 Å². The first-order valence-corrected chi connectivity index (χ1v) is 17.2. The predicted molar refractivity (Wildman–Crippen MR) is 210 cm³/mol. The third-order valence-corrected chi connectivity index (χ3v) is 9.11. The maximum Gasteiger partial charge on any atom is 0.164 e. The summed E-state index contributed by atoms with van der Waals surface area (Å²) in [5, 5.41) is 12.9. The molecule has 244 valence electrons. The quantitative estimate of drug-likeness (QED) is 0.160. The van der Waals surface area contributed by atoms with Crippen molar-refractivity contribution >= 4 is 28.8 Å². The van der Waals surface area contributed by atoms with Crippen LogP contribution >= 0.6 is 0 Å². The third-order valence-electron chi connectivity index (χ3n) is 9.11. The number of nitrogens with zero attached hydrogens (tertiary/aromatic N) is 3. The van der Waals surface area contributed by atoms with Gasteiger partial charge in [0.15, 0.2) is 17.5 Å². The normalized spacial score (nSPS) is 13.1. The maximum absolute atomic E-state index is 9.11. The van der Waals surface area contributed by atoms with E-state index in [0.717, 1.165) is 67.0 Å². The molecule has 8 rings (SSSR count). The topological polar surface area (TPSA) is 74.6 Å². The fourth-order valence-corrected chi connectivity index (χ4v) is 6.44. The summed E-state index contributed by atoms with van der Waals surface area (Å²) >= 11 is 0. The van der Waals surface area contributed by atoms with Crippen molar-refractivity contribution in [2.45, 2.75) is 13.3 Å². The summed E-state index contributed by atoms with van der Waals surface area (Å²) in [5.41, 5.74) is 12.7. The lowest BCUT2D eigenvalue weighted by molar-refractivity contribution is 1.07. The second-order valence-corrected chi connectivity index (χ2v) is 12.4. The number of fused-ring (bicyclic) bond motifs is 1. The van der Waals surface area contributed by atoms with Gasteiger partial charge in [0.2, 0.25) is 0 Å². The highest BCUT2D eigenvalue weighted by atomic mass is 15.0. The molecular weight excluding hydrogens is 623 g/mol. The molecule has 2 heterocycles. The van der Waals surface area contributed by atoms with Gasteiger partial charge >= 0.3 is 0 Å². The van der Waals surface area contributed by atoms with E-state index in [2.05, 4.69) is 90.3 Å². The van der Waals surface area contributed by atoms with Gasteiger partial charge < -0.3 is 10.7 Å². The van der Waals surface area contributed by atoms with Crippen molar-refractivity contribution < 1.29 is 0 Å². The van der Waals surface area contributed by atoms with Crippen molar-refractivity contribution in [3.8, 4) is 45.3 Å². The van der Waals surface area contributed by atoms with Gasteiger partial charge in [0.05, 0.1) is 5.70 Å². The molecule has 5 heteroatoms. The second kappa shape index (κ2) is 14.0. The summed E-state index contributed by atoms with van der Waals surface area (Å²) in [4.78, 5) is 14.7. The van der Waals surface area contributed by atoms with Gasteiger partial charge in [-0.15, -0.1) is 0 Å². The Hall–Kier alpha value is -6.72. The van der Waals surface area contributed by atoms with Crippen molar-refractivity contribution in [3.05, 3.63) is 186 Å². The Morgan fingerprint density at radius 3 is 1.49 bits per heavy atom. The third kappa shape index (κ3) is 6.53. The van der Waals surface area contributed by atoms with Crippen LogP contribution in [0.25, 0.3) is 68.3 Å². The van der Waals surface area contributed by atoms with Crippen LogP contribution in [0.5, 0.6) is 0 Å². The summed E-state index contributed by atoms with van der Waals surface area (Å²) in [5.74, 6) is 1.90. The van der Waals surface area contributed by atoms with Crippen LogP contribution in [0.3, 0.4) is 0 Å². The molecule has 0 unspecified atom stereocenters. The van der Waals surface area contributed by atoms with E-state index in [1.54, 1.807) is 0 Å². The van der Waals surface area contributed by atoms with Crippen molar-refractivity contribution in [1.82, 2.24) is 20.3 Å². The van der Waals surface area contributed by atoms with Crippen molar-refractivity contribution in [1.29, 1.82) is 5.41 Å². The largest absolute Gasteiger partial charge is 0.354 e. The zero-order valence-corrected chi connectivity index (χ0v) is 28.2. The first-order chi connectivity index (χ1) is 25.1. The predicted octanol–water partition coefficient (Wildman–Crippen LogP) is 10.9. The highest BCUT2D eigenvalue weighted by molar-refractivity contribution is 6.30. The van der Waals surface area contributed by atoms with E-state index in [1.807, 2.05) is 91.9 Å². The Bertz CT molecular complexity index is 2340. The number of benzene rings is 6. The molecule has 0 spiro atoms. The first kappa shape index (κ1) is 31.5. The van der Waals surface area contributed by atoms with Crippen molar-refractivity contribution in [2.75, 3.05) is 0 Å². The Balaban J connectivity index is 1.22. The lowest BCUT2D eigenvalue weighted by Crippen LogP contribution is -2.20. The minimum absolute atomic E-state index is 0.584. The van der Waals surface area contributed by atoms with Gasteiger partial charge in [-0.2, -0.15) is 0 Å². The maximum atomic E-state index is 9.11. The van der Waals surface area contributed by atoms with Gasteiger partial charge in [0, 0.05) is 39.2 Å². The van der Waals surface area contributed by atoms with E-state index in [4.69, 9.17) is 20.4 Å². The SMILES string of the molecule is CCC(=N)/C(=C1\NC(c2ccccc2)=Cc2ccc(-c3ccc(-c4nc(-c5ccccc5)nc(-c5ccccc5)n4)cc3)cc21)c1ccccc1. The zero-order valence-electron chi connectivity index (χ0n) is 28.2. The van der Waals surface area contributed by atoms with E-state index >= 15 is 0 Å². The summed E-state index contributed by atoms with van der Waals surface area (Å²) in [7, 11) is 0. The number of aromatic nitrogens is 3. The average molecular weight is 658 g/mol. The molecule has 0 atom stereocenters. The minimum atomic E-state index is 0.584. The molecule has 1 aliphatic rings. The number of hydrogen-bond donors (Lipinski definition) is 2. The molecule has 1 aliphatic heterocycles. The van der Waals surface area contributed by atoms with Crippen LogP contribution in [-0.2, 0) is 0 Å². The molecule has 0 amide bonds. The monoisotopic (exact) mass is 657 g/mol. The molecule has 0 saturated carbocycles. The van der Waals surface area contributed by atoms with Crippen LogP contribution in [0.4, 0.5) is 0 Å². The number of hydrogen-bond acceptors (Lipinski definition) is 5. The second-order valence-electron chi connectivity index (χ2n) is 12.4. The van der Waals surface area contributed by atoms with Crippen LogP contribution in [0.1, 0.15) is 35.6 Å². The smallest absolute Gasteiger partial charge is 0.164 e. The highest BCUT2D eigenvalue weighted by Gasteiger charge is 2.23. The van der Waals surface area contributed by atoms with E-state index < -0.39 is 0 Å². The fourth-order valence-electron chi connectivity index (χ4n) is 6.44. The van der Waals surface area contributed by atoms with Crippen LogP contribution in [0, 0.1) is 5.41 Å². The van der Waals surface area contributed by atoms with Crippen molar-refractivity contribution in [2.24, 2.45) is 0 Å². The molecule has 0 aliphatic carbocycles. The van der Waals surface area contributed by atoms with E-state index in [0.29, 0.717) is 29.6 Å². The van der Waals surface area contributed by atoms with Crippen LogP contribution in [0.2, 0.25) is 0 Å². The molecule has 0 bridgehead atoms. The van der Waals surface area contributed by atoms with Gasteiger partial charge in [0.25, 0.3) is 0 Å². The summed E-state index contributed by atoms with van der Waals surface area (Å²) < 4.78 is 0. The Kier molecular flexibility index (Phi) is 8.67. The van der Waals surface area contributed by atoms with Gasteiger partial charge in [-0.25, -0.2) is 15.0 Å². The summed E-state index contributed by atoms with van der Waals surface area (Å²) in [6, 6.07) is 55.7. The van der Waals surface area contributed by atoms with Gasteiger partial charge in [-0.3, -0.25) is 0 Å². The molecule has 1 aromatic heterocycles. The molecule has 6 aromatic carbocycles.